The largest absolute Gasteiger partial charge is 0.478 e. The second-order valence-corrected chi connectivity index (χ2v) is 3.72. The van der Waals surface area contributed by atoms with Crippen LogP contribution < -0.4 is 11.1 Å². The lowest BCUT2D eigenvalue weighted by atomic mass is 10.1. The maximum absolute atomic E-state index is 11.5. The van der Waals surface area contributed by atoms with Gasteiger partial charge in [0, 0.05) is 12.2 Å². The average molecular weight is 252 g/mol. The van der Waals surface area contributed by atoms with Crippen LogP contribution in [0.2, 0.25) is 0 Å². The molecule has 0 atom stereocenters. The molecule has 0 bridgehead atoms. The highest BCUT2D eigenvalue weighted by atomic mass is 16.5. The van der Waals surface area contributed by atoms with Gasteiger partial charge >= 0.3 is 5.97 Å². The van der Waals surface area contributed by atoms with Gasteiger partial charge in [0.25, 0.3) is 0 Å². The summed E-state index contributed by atoms with van der Waals surface area (Å²) in [5.74, 6) is -1.29. The van der Waals surface area contributed by atoms with E-state index < -0.39 is 5.97 Å². The zero-order valence-electron chi connectivity index (χ0n) is 10.1. The summed E-state index contributed by atoms with van der Waals surface area (Å²) in [6, 6.07) is 4.49. The summed E-state index contributed by atoms with van der Waals surface area (Å²) < 4.78 is 4.99. The number of nitrogens with one attached hydrogen (secondary N) is 1. The Kier molecular flexibility index (Phi) is 5.29. The first kappa shape index (κ1) is 14.1. The summed E-state index contributed by atoms with van der Waals surface area (Å²) in [6.45, 7) is 2.34. The average Bonchev–Trinajstić information content (AvgIpc) is 2.32. The predicted octanol–water partition coefficient (Wildman–Crippen LogP) is 0.607. The second-order valence-electron chi connectivity index (χ2n) is 3.72. The molecule has 0 radical (unpaired) electrons. The van der Waals surface area contributed by atoms with Crippen molar-refractivity contribution in [1.29, 1.82) is 0 Å². The van der Waals surface area contributed by atoms with Gasteiger partial charge in [-0.1, -0.05) is 0 Å². The summed E-state index contributed by atoms with van der Waals surface area (Å²) >= 11 is 0. The molecule has 0 fully saturated rings. The molecule has 0 aliphatic rings. The third kappa shape index (κ3) is 4.15. The van der Waals surface area contributed by atoms with Crippen LogP contribution in [0.5, 0.6) is 0 Å². The fourth-order valence-electron chi connectivity index (χ4n) is 1.37. The fraction of sp³-hybridized carbons (Fsp3) is 0.333. The maximum Gasteiger partial charge on any atom is 0.335 e. The normalized spacial score (nSPS) is 10.1. The zero-order chi connectivity index (χ0) is 13.5. The van der Waals surface area contributed by atoms with Crippen LogP contribution in [0.25, 0.3) is 0 Å². The topological polar surface area (TPSA) is 102 Å². The molecule has 0 aromatic heterocycles. The molecule has 1 aromatic rings. The van der Waals surface area contributed by atoms with Crippen LogP contribution in [0.3, 0.4) is 0 Å². The monoisotopic (exact) mass is 252 g/mol. The number of amides is 1. The van der Waals surface area contributed by atoms with Crippen molar-refractivity contribution in [3.8, 4) is 0 Å². The van der Waals surface area contributed by atoms with E-state index >= 15 is 0 Å². The summed E-state index contributed by atoms with van der Waals surface area (Å²) in [6.07, 6.45) is 0. The molecular formula is C12H16N2O4. The van der Waals surface area contributed by atoms with Crippen molar-refractivity contribution in [2.75, 3.05) is 25.1 Å². The number of ether oxygens (including phenoxy) is 1. The van der Waals surface area contributed by atoms with Gasteiger partial charge < -0.3 is 20.9 Å². The Morgan fingerprint density at radius 2 is 2.17 bits per heavy atom. The first-order valence-corrected chi connectivity index (χ1v) is 5.46. The fourth-order valence-corrected chi connectivity index (χ4v) is 1.37. The van der Waals surface area contributed by atoms with Gasteiger partial charge in [0.1, 0.15) is 6.61 Å². The minimum atomic E-state index is -0.998. The molecule has 98 valence electrons. The van der Waals surface area contributed by atoms with Gasteiger partial charge in [-0.05, 0) is 30.7 Å². The zero-order valence-corrected chi connectivity index (χ0v) is 10.1. The Balaban J connectivity index is 2.62. The minimum Gasteiger partial charge on any atom is -0.478 e. The van der Waals surface area contributed by atoms with Gasteiger partial charge in [0.15, 0.2) is 0 Å². The number of anilines is 1. The van der Waals surface area contributed by atoms with Crippen molar-refractivity contribution in [3.63, 3.8) is 0 Å². The second kappa shape index (κ2) is 6.73. The van der Waals surface area contributed by atoms with Crippen LogP contribution in [-0.2, 0) is 9.53 Å². The standard InChI is InChI=1S/C12H16N2O4/c1-8-6-9(12(16)17)2-3-10(8)14-11(15)7-18-5-4-13/h2-3,6H,4-5,7,13H2,1H3,(H,14,15)(H,16,17). The maximum atomic E-state index is 11.5. The van der Waals surface area contributed by atoms with Gasteiger partial charge in [0.2, 0.25) is 5.91 Å². The van der Waals surface area contributed by atoms with Gasteiger partial charge in [-0.25, -0.2) is 4.79 Å². The molecule has 1 rings (SSSR count). The highest BCUT2D eigenvalue weighted by Gasteiger charge is 2.08. The summed E-state index contributed by atoms with van der Waals surface area (Å²) in [7, 11) is 0. The van der Waals surface area contributed by atoms with Crippen molar-refractivity contribution in [2.24, 2.45) is 5.73 Å². The number of carboxylic acids is 1. The Hall–Kier alpha value is -1.92. The van der Waals surface area contributed by atoms with E-state index in [0.717, 1.165) is 0 Å². The lowest BCUT2D eigenvalue weighted by Gasteiger charge is -2.09. The summed E-state index contributed by atoms with van der Waals surface area (Å²) in [5.41, 5.74) is 6.66. The molecule has 1 aromatic carbocycles. The van der Waals surface area contributed by atoms with Crippen molar-refractivity contribution in [2.45, 2.75) is 6.92 Å². The number of nitrogens with two attached hydrogens (primary N) is 1. The van der Waals surface area contributed by atoms with Gasteiger partial charge in [-0.15, -0.1) is 0 Å². The minimum absolute atomic E-state index is 0.0721. The van der Waals surface area contributed by atoms with Crippen LogP contribution in [0.15, 0.2) is 18.2 Å². The molecule has 0 aliphatic carbocycles. The van der Waals surface area contributed by atoms with E-state index in [1.165, 1.54) is 12.1 Å². The molecular weight excluding hydrogens is 236 g/mol. The van der Waals surface area contributed by atoms with Crippen molar-refractivity contribution in [1.82, 2.24) is 0 Å². The molecule has 0 spiro atoms. The van der Waals surface area contributed by atoms with Crippen LogP contribution in [0, 0.1) is 6.92 Å². The van der Waals surface area contributed by atoms with Crippen molar-refractivity contribution < 1.29 is 19.4 Å². The first-order valence-electron chi connectivity index (χ1n) is 5.46. The van der Waals surface area contributed by atoms with Gasteiger partial charge in [-0.2, -0.15) is 0 Å². The molecule has 0 aliphatic heterocycles. The lowest BCUT2D eigenvalue weighted by Crippen LogP contribution is -2.21. The Bertz CT molecular complexity index is 446. The van der Waals surface area contributed by atoms with Crippen LogP contribution in [0.4, 0.5) is 5.69 Å². The number of aromatic carboxylic acids is 1. The van der Waals surface area contributed by atoms with Crippen LogP contribution >= 0.6 is 0 Å². The Labute approximate surface area is 105 Å². The van der Waals surface area contributed by atoms with E-state index in [9.17, 15) is 9.59 Å². The number of carboxylic acid groups (broad SMARTS) is 1. The van der Waals surface area contributed by atoms with Crippen molar-refractivity contribution in [3.05, 3.63) is 29.3 Å². The molecule has 6 nitrogen and oxygen atoms in total. The van der Waals surface area contributed by atoms with E-state index in [1.54, 1.807) is 13.0 Å². The highest BCUT2D eigenvalue weighted by Crippen LogP contribution is 2.16. The first-order chi connectivity index (χ1) is 8.54. The smallest absolute Gasteiger partial charge is 0.335 e. The highest BCUT2D eigenvalue weighted by molar-refractivity contribution is 5.94. The van der Waals surface area contributed by atoms with E-state index in [-0.39, 0.29) is 18.1 Å². The number of hydrogen-bond donors (Lipinski definition) is 3. The number of hydrogen-bond acceptors (Lipinski definition) is 4. The number of carbonyl (C=O) groups excluding carboxylic acids is 1. The number of benzene rings is 1. The summed E-state index contributed by atoms with van der Waals surface area (Å²) in [5, 5.41) is 11.4. The van der Waals surface area contributed by atoms with E-state index in [4.69, 9.17) is 15.6 Å². The predicted molar refractivity (Wildman–Crippen MR) is 66.6 cm³/mol. The molecule has 6 heteroatoms. The number of rotatable bonds is 6. The molecule has 0 unspecified atom stereocenters. The van der Waals surface area contributed by atoms with Crippen LogP contribution in [0.1, 0.15) is 15.9 Å². The summed E-state index contributed by atoms with van der Waals surface area (Å²) in [4.78, 5) is 22.2. The lowest BCUT2D eigenvalue weighted by molar-refractivity contribution is -0.120. The van der Waals surface area contributed by atoms with Gasteiger partial charge in [0.05, 0.1) is 12.2 Å². The molecule has 0 saturated carbocycles. The molecule has 4 N–H and O–H groups in total. The van der Waals surface area contributed by atoms with E-state index in [1.807, 2.05) is 0 Å². The van der Waals surface area contributed by atoms with Gasteiger partial charge in [-0.3, -0.25) is 4.79 Å². The molecule has 0 saturated heterocycles. The van der Waals surface area contributed by atoms with Crippen molar-refractivity contribution >= 4 is 17.6 Å². The Morgan fingerprint density at radius 1 is 1.44 bits per heavy atom. The molecule has 1 amide bonds. The molecule has 0 heterocycles. The third-order valence-corrected chi connectivity index (χ3v) is 2.24. The molecule has 18 heavy (non-hydrogen) atoms. The SMILES string of the molecule is Cc1cc(C(=O)O)ccc1NC(=O)COCCN. The number of aryl methyl sites for hydroxylation is 1. The Morgan fingerprint density at radius 3 is 2.72 bits per heavy atom. The third-order valence-electron chi connectivity index (χ3n) is 2.24. The van der Waals surface area contributed by atoms with E-state index in [2.05, 4.69) is 5.32 Å². The number of carbonyl (C=O) groups is 2. The van der Waals surface area contributed by atoms with E-state index in [0.29, 0.717) is 24.4 Å². The quantitative estimate of drug-likeness (QED) is 0.644. The van der Waals surface area contributed by atoms with Crippen LogP contribution in [-0.4, -0.2) is 36.7 Å².